The molecule has 0 saturated heterocycles. The molecule has 144 valence electrons. The maximum atomic E-state index is 12.8. The van der Waals surface area contributed by atoms with Crippen LogP contribution in [0.2, 0.25) is 13.1 Å². The third-order valence-corrected chi connectivity index (χ3v) is 9.07. The molecule has 0 spiro atoms. The average molecular weight is 380 g/mol. The van der Waals surface area contributed by atoms with Crippen LogP contribution in [-0.2, 0) is 6.42 Å². The molecular weight excluding hydrogens is 346 g/mol. The van der Waals surface area contributed by atoms with E-state index in [2.05, 4.69) is 89.8 Å². The summed E-state index contributed by atoms with van der Waals surface area (Å²) in [7, 11) is -1.72. The fourth-order valence-corrected chi connectivity index (χ4v) is 5.59. The van der Waals surface area contributed by atoms with Crippen molar-refractivity contribution in [3.8, 4) is 0 Å². The Bertz CT molecular complexity index is 768. The molecule has 0 heterocycles. The zero-order chi connectivity index (χ0) is 20.2. The summed E-state index contributed by atoms with van der Waals surface area (Å²) in [6.07, 6.45) is 0.862. The summed E-state index contributed by atoms with van der Waals surface area (Å²) in [6, 6.07) is 19.1. The molecule has 0 atom stereocenters. The lowest BCUT2D eigenvalue weighted by Crippen LogP contribution is -2.44. The maximum absolute atomic E-state index is 12.8. The minimum absolute atomic E-state index is 0.101. The number of hydrogen-bond donors (Lipinski definition) is 0. The molecule has 0 bridgehead atoms. The molecule has 0 N–H and O–H groups in total. The third-order valence-electron chi connectivity index (χ3n) is 5.34. The minimum atomic E-state index is -1.72. The largest absolute Gasteiger partial charge is 0.334 e. The highest BCUT2D eigenvalue weighted by atomic mass is 28.3. The van der Waals surface area contributed by atoms with Gasteiger partial charge in [0.1, 0.15) is 8.07 Å². The molecule has 0 unspecified atom stereocenters. The van der Waals surface area contributed by atoms with E-state index in [-0.39, 0.29) is 18.0 Å². The monoisotopic (exact) mass is 379 g/mol. The van der Waals surface area contributed by atoms with Gasteiger partial charge in [0.2, 0.25) is 0 Å². The van der Waals surface area contributed by atoms with Gasteiger partial charge in [-0.15, -0.1) is 6.58 Å². The van der Waals surface area contributed by atoms with Gasteiger partial charge in [0.05, 0.1) is 0 Å². The van der Waals surface area contributed by atoms with Crippen molar-refractivity contribution in [3.05, 3.63) is 77.5 Å². The number of benzene rings is 2. The van der Waals surface area contributed by atoms with Crippen molar-refractivity contribution in [2.24, 2.45) is 0 Å². The van der Waals surface area contributed by atoms with Gasteiger partial charge in [0.25, 0.3) is 5.91 Å². The molecule has 2 aromatic rings. The van der Waals surface area contributed by atoms with Gasteiger partial charge in [0.15, 0.2) is 0 Å². The normalized spacial score (nSPS) is 11.7. The number of amides is 1. The summed E-state index contributed by atoms with van der Waals surface area (Å²) in [5.74, 6) is 0.101. The summed E-state index contributed by atoms with van der Waals surface area (Å²) < 4.78 is 0. The van der Waals surface area contributed by atoms with E-state index in [4.69, 9.17) is 0 Å². The Balaban J connectivity index is 2.14. The molecule has 1 amide bonds. The van der Waals surface area contributed by atoms with Crippen LogP contribution in [0, 0.1) is 0 Å². The Hall–Kier alpha value is -2.13. The minimum Gasteiger partial charge on any atom is -0.334 e. The molecule has 2 aromatic carbocycles. The van der Waals surface area contributed by atoms with Crippen LogP contribution in [0.1, 0.15) is 43.6 Å². The first kappa shape index (κ1) is 21.2. The quantitative estimate of drug-likeness (QED) is 0.606. The topological polar surface area (TPSA) is 20.3 Å². The van der Waals surface area contributed by atoms with Crippen LogP contribution >= 0.6 is 0 Å². The lowest BCUT2D eigenvalue weighted by Gasteiger charge is -2.31. The second kappa shape index (κ2) is 8.70. The van der Waals surface area contributed by atoms with Crippen LogP contribution in [0.5, 0.6) is 0 Å². The summed E-state index contributed by atoms with van der Waals surface area (Å²) in [6.45, 7) is 17.4. The van der Waals surface area contributed by atoms with Crippen molar-refractivity contribution in [1.82, 2.24) is 4.90 Å². The number of rotatable bonds is 7. The Morgan fingerprint density at radius 3 is 1.93 bits per heavy atom. The van der Waals surface area contributed by atoms with Gasteiger partial charge in [0, 0.05) is 17.6 Å². The van der Waals surface area contributed by atoms with Crippen LogP contribution < -0.4 is 5.19 Å². The predicted molar refractivity (Wildman–Crippen MR) is 119 cm³/mol. The van der Waals surface area contributed by atoms with Crippen molar-refractivity contribution in [3.63, 3.8) is 0 Å². The van der Waals surface area contributed by atoms with Gasteiger partial charge in [-0.3, -0.25) is 4.79 Å². The molecular formula is C24H33NOSi. The molecule has 0 fully saturated rings. The lowest BCUT2D eigenvalue weighted by atomic mass is 10.1. The number of carbonyl (C=O) groups excluding carboxylic acids is 1. The first-order valence-corrected chi connectivity index (χ1v) is 12.8. The Morgan fingerprint density at radius 1 is 0.926 bits per heavy atom. The Labute approximate surface area is 165 Å². The Kier molecular flexibility index (Phi) is 6.82. The van der Waals surface area contributed by atoms with E-state index in [1.165, 1.54) is 15.9 Å². The second-order valence-corrected chi connectivity index (χ2v) is 12.9. The number of allylic oxidation sites excluding steroid dienone is 1. The highest BCUT2D eigenvalue weighted by Crippen LogP contribution is 2.20. The summed E-state index contributed by atoms with van der Waals surface area (Å²) >= 11 is 0. The van der Waals surface area contributed by atoms with Crippen LogP contribution in [0.15, 0.2) is 66.4 Å². The molecule has 0 aliphatic carbocycles. The molecule has 0 aromatic heterocycles. The van der Waals surface area contributed by atoms with E-state index in [0.717, 1.165) is 12.0 Å². The number of carbonyl (C=O) groups is 1. The van der Waals surface area contributed by atoms with E-state index >= 15 is 0 Å². The van der Waals surface area contributed by atoms with Crippen LogP contribution in [0.25, 0.3) is 0 Å². The van der Waals surface area contributed by atoms with Crippen molar-refractivity contribution < 1.29 is 4.79 Å². The standard InChI is InChI=1S/C24H33NOSi/c1-18(2)25(19(3)4)24(26)22-15-13-21(14-16-22)17-20(5)27(6,7)23-11-9-8-10-12-23/h8-16,18-19H,5,17H2,1-4,6-7H3. The first-order valence-electron chi connectivity index (χ1n) is 9.80. The van der Waals surface area contributed by atoms with Crippen molar-refractivity contribution in [2.75, 3.05) is 0 Å². The van der Waals surface area contributed by atoms with Gasteiger partial charge in [-0.05, 0) is 51.8 Å². The van der Waals surface area contributed by atoms with Crippen molar-refractivity contribution in [2.45, 2.75) is 59.3 Å². The Morgan fingerprint density at radius 2 is 1.44 bits per heavy atom. The molecule has 0 saturated carbocycles. The molecule has 0 aliphatic rings. The number of hydrogen-bond acceptors (Lipinski definition) is 1. The first-order chi connectivity index (χ1) is 12.6. The summed E-state index contributed by atoms with van der Waals surface area (Å²) in [4.78, 5) is 14.8. The zero-order valence-corrected chi connectivity index (χ0v) is 18.6. The highest BCUT2D eigenvalue weighted by molar-refractivity contribution is 6.95. The zero-order valence-electron chi connectivity index (χ0n) is 17.6. The van der Waals surface area contributed by atoms with Gasteiger partial charge >= 0.3 is 0 Å². The van der Waals surface area contributed by atoms with Crippen molar-refractivity contribution in [1.29, 1.82) is 0 Å². The van der Waals surface area contributed by atoms with Crippen LogP contribution in [0.4, 0.5) is 0 Å². The van der Waals surface area contributed by atoms with Crippen molar-refractivity contribution >= 4 is 19.2 Å². The fourth-order valence-electron chi connectivity index (χ4n) is 3.51. The van der Waals surface area contributed by atoms with Gasteiger partial charge in [-0.2, -0.15) is 0 Å². The van der Waals surface area contributed by atoms with Crippen LogP contribution in [0.3, 0.4) is 0 Å². The van der Waals surface area contributed by atoms with Crippen LogP contribution in [-0.4, -0.2) is 31.0 Å². The van der Waals surface area contributed by atoms with E-state index in [1.54, 1.807) is 0 Å². The van der Waals surface area contributed by atoms with E-state index in [1.807, 2.05) is 17.0 Å². The van der Waals surface area contributed by atoms with E-state index in [9.17, 15) is 4.79 Å². The maximum Gasteiger partial charge on any atom is 0.254 e. The molecule has 2 nitrogen and oxygen atoms in total. The summed E-state index contributed by atoms with van der Waals surface area (Å²) in [5, 5.41) is 2.71. The fraction of sp³-hybridized carbons (Fsp3) is 0.375. The van der Waals surface area contributed by atoms with Gasteiger partial charge in [-0.1, -0.05) is 65.9 Å². The molecule has 0 radical (unpaired) electrons. The lowest BCUT2D eigenvalue weighted by molar-refractivity contribution is 0.0643. The molecule has 27 heavy (non-hydrogen) atoms. The molecule has 0 aliphatic heterocycles. The molecule has 2 rings (SSSR count). The van der Waals surface area contributed by atoms with E-state index < -0.39 is 8.07 Å². The smallest absolute Gasteiger partial charge is 0.254 e. The molecule has 3 heteroatoms. The highest BCUT2D eigenvalue weighted by Gasteiger charge is 2.27. The SMILES string of the molecule is C=C(Cc1ccc(C(=O)N(C(C)C)C(C)C)cc1)[Si](C)(C)c1ccccc1. The third kappa shape index (κ3) is 4.98. The average Bonchev–Trinajstić information content (AvgIpc) is 2.62. The van der Waals surface area contributed by atoms with E-state index in [0.29, 0.717) is 0 Å². The van der Waals surface area contributed by atoms with Gasteiger partial charge in [-0.25, -0.2) is 0 Å². The van der Waals surface area contributed by atoms with Gasteiger partial charge < -0.3 is 4.90 Å². The predicted octanol–water partition coefficient (Wildman–Crippen LogP) is 5.20. The summed E-state index contributed by atoms with van der Waals surface area (Å²) in [5.41, 5.74) is 1.97. The number of nitrogens with zero attached hydrogens (tertiary/aromatic N) is 1. The second-order valence-electron chi connectivity index (χ2n) is 8.37.